The average molecular weight is 473 g/mol. The molecule has 172 valence electrons. The first-order valence-corrected chi connectivity index (χ1v) is 11.0. The Kier molecular flexibility index (Phi) is 8.50. The van der Waals surface area contributed by atoms with E-state index in [-0.39, 0.29) is 5.57 Å². The molecule has 0 aliphatic heterocycles. The topological polar surface area (TPSA) is 71.4 Å². The van der Waals surface area contributed by atoms with Gasteiger partial charge in [0.2, 0.25) is 0 Å². The van der Waals surface area contributed by atoms with Gasteiger partial charge in [-0.15, -0.1) is 6.58 Å². The Morgan fingerprint density at radius 2 is 1.91 bits per heavy atom. The standard InChI is InChI=1S/C28H25ClN2O3/c1-4-7-22-14-21(15-23(17-30)28(32)31-25-9-6-5-8-24(25)29)16-26(33-3)27(22)34-18-20-12-10-19(2)11-13-20/h4-6,8-16H,1,7,18H2,2-3H3,(H,31,32)/b23-15+. The van der Waals surface area contributed by atoms with Gasteiger partial charge < -0.3 is 14.8 Å². The van der Waals surface area contributed by atoms with Crippen LogP contribution in [0.4, 0.5) is 5.69 Å². The average Bonchev–Trinajstić information content (AvgIpc) is 2.84. The fourth-order valence-corrected chi connectivity index (χ4v) is 3.48. The molecule has 0 aliphatic rings. The first-order valence-electron chi connectivity index (χ1n) is 10.6. The number of para-hydroxylation sites is 1. The number of benzene rings is 3. The summed E-state index contributed by atoms with van der Waals surface area (Å²) in [5.74, 6) is 0.542. The van der Waals surface area contributed by atoms with E-state index in [2.05, 4.69) is 11.9 Å². The van der Waals surface area contributed by atoms with Crippen molar-refractivity contribution < 1.29 is 14.3 Å². The van der Waals surface area contributed by atoms with Crippen molar-refractivity contribution in [1.29, 1.82) is 5.26 Å². The van der Waals surface area contributed by atoms with E-state index < -0.39 is 5.91 Å². The second kappa shape index (κ2) is 11.7. The van der Waals surface area contributed by atoms with Crippen LogP contribution in [-0.4, -0.2) is 13.0 Å². The normalized spacial score (nSPS) is 10.8. The van der Waals surface area contributed by atoms with E-state index in [0.29, 0.717) is 40.8 Å². The van der Waals surface area contributed by atoms with Gasteiger partial charge in [-0.3, -0.25) is 4.79 Å². The molecule has 0 radical (unpaired) electrons. The van der Waals surface area contributed by atoms with Crippen molar-refractivity contribution in [2.45, 2.75) is 20.0 Å². The summed E-state index contributed by atoms with van der Waals surface area (Å²) in [6.07, 6.45) is 3.79. The first kappa shape index (κ1) is 24.6. The lowest BCUT2D eigenvalue weighted by molar-refractivity contribution is -0.112. The lowest BCUT2D eigenvalue weighted by atomic mass is 10.0. The Hall–Kier alpha value is -4.01. The van der Waals surface area contributed by atoms with Crippen LogP contribution in [-0.2, 0) is 17.8 Å². The Balaban J connectivity index is 1.90. The third-order valence-corrected chi connectivity index (χ3v) is 5.37. The molecule has 0 saturated carbocycles. The summed E-state index contributed by atoms with van der Waals surface area (Å²) >= 11 is 6.11. The van der Waals surface area contributed by atoms with Gasteiger partial charge in [0, 0.05) is 5.56 Å². The molecule has 0 heterocycles. The van der Waals surface area contributed by atoms with Crippen molar-refractivity contribution >= 4 is 29.3 Å². The number of nitrogens with zero attached hydrogens (tertiary/aromatic N) is 1. The van der Waals surface area contributed by atoms with Crippen molar-refractivity contribution in [3.8, 4) is 17.6 Å². The number of methoxy groups -OCH3 is 1. The van der Waals surface area contributed by atoms with Gasteiger partial charge >= 0.3 is 0 Å². The fourth-order valence-electron chi connectivity index (χ4n) is 3.30. The molecule has 34 heavy (non-hydrogen) atoms. The number of hydrogen-bond acceptors (Lipinski definition) is 4. The number of aryl methyl sites for hydroxylation is 1. The maximum absolute atomic E-state index is 12.7. The zero-order valence-electron chi connectivity index (χ0n) is 19.1. The lowest BCUT2D eigenvalue weighted by Gasteiger charge is -2.16. The molecular formula is C28H25ClN2O3. The second-order valence-electron chi connectivity index (χ2n) is 7.58. The van der Waals surface area contributed by atoms with E-state index >= 15 is 0 Å². The van der Waals surface area contributed by atoms with Crippen molar-refractivity contribution in [2.24, 2.45) is 0 Å². The van der Waals surface area contributed by atoms with Crippen molar-refractivity contribution in [2.75, 3.05) is 12.4 Å². The number of amides is 1. The Bertz CT molecular complexity index is 1260. The zero-order chi connectivity index (χ0) is 24.5. The number of hydrogen-bond donors (Lipinski definition) is 1. The molecule has 0 saturated heterocycles. The molecule has 0 fully saturated rings. The third-order valence-electron chi connectivity index (χ3n) is 5.04. The number of ether oxygens (including phenoxy) is 2. The van der Waals surface area contributed by atoms with Crippen molar-refractivity contribution in [3.63, 3.8) is 0 Å². The number of carbonyl (C=O) groups excluding carboxylic acids is 1. The van der Waals surface area contributed by atoms with Crippen LogP contribution in [0.3, 0.4) is 0 Å². The highest BCUT2D eigenvalue weighted by Crippen LogP contribution is 2.35. The quantitative estimate of drug-likeness (QED) is 0.219. The van der Waals surface area contributed by atoms with E-state index in [1.165, 1.54) is 11.6 Å². The van der Waals surface area contributed by atoms with Crippen LogP contribution in [0.2, 0.25) is 5.02 Å². The Morgan fingerprint density at radius 3 is 2.56 bits per heavy atom. The van der Waals surface area contributed by atoms with Gasteiger partial charge in [-0.2, -0.15) is 5.26 Å². The zero-order valence-corrected chi connectivity index (χ0v) is 19.9. The van der Waals surface area contributed by atoms with Crippen LogP contribution < -0.4 is 14.8 Å². The van der Waals surface area contributed by atoms with Crippen LogP contribution in [0.1, 0.15) is 22.3 Å². The van der Waals surface area contributed by atoms with Gasteiger partial charge in [0.1, 0.15) is 18.2 Å². The monoisotopic (exact) mass is 472 g/mol. The number of carbonyl (C=O) groups is 1. The number of allylic oxidation sites excluding steroid dienone is 1. The minimum absolute atomic E-state index is 0.0696. The van der Waals surface area contributed by atoms with E-state index in [1.54, 1.807) is 43.5 Å². The van der Waals surface area contributed by atoms with Crippen LogP contribution in [0.5, 0.6) is 11.5 Å². The Labute approximate surface area is 204 Å². The van der Waals surface area contributed by atoms with Gasteiger partial charge in [0.25, 0.3) is 5.91 Å². The van der Waals surface area contributed by atoms with Crippen molar-refractivity contribution in [1.82, 2.24) is 0 Å². The number of nitrogens with one attached hydrogen (secondary N) is 1. The van der Waals surface area contributed by atoms with Crippen molar-refractivity contribution in [3.05, 3.63) is 106 Å². The second-order valence-corrected chi connectivity index (χ2v) is 7.99. The number of anilines is 1. The van der Waals surface area contributed by atoms with Crippen LogP contribution in [0.25, 0.3) is 6.08 Å². The SMILES string of the molecule is C=CCc1cc(/C=C(\C#N)C(=O)Nc2ccccc2Cl)cc(OC)c1OCc1ccc(C)cc1. The summed E-state index contributed by atoms with van der Waals surface area (Å²) in [7, 11) is 1.55. The van der Waals surface area contributed by atoms with Gasteiger partial charge in [0.15, 0.2) is 11.5 Å². The summed E-state index contributed by atoms with van der Waals surface area (Å²) in [6, 6.07) is 20.5. The largest absolute Gasteiger partial charge is 0.493 e. The molecule has 5 nitrogen and oxygen atoms in total. The van der Waals surface area contributed by atoms with Gasteiger partial charge in [-0.25, -0.2) is 0 Å². The molecule has 0 unspecified atom stereocenters. The minimum Gasteiger partial charge on any atom is -0.493 e. The predicted molar refractivity (Wildman–Crippen MR) is 136 cm³/mol. The summed E-state index contributed by atoms with van der Waals surface area (Å²) in [5.41, 5.74) is 4.03. The number of halogens is 1. The highest BCUT2D eigenvalue weighted by Gasteiger charge is 2.15. The summed E-state index contributed by atoms with van der Waals surface area (Å²) < 4.78 is 11.7. The van der Waals surface area contributed by atoms with Crippen LogP contribution in [0.15, 0.2) is 78.9 Å². The summed E-state index contributed by atoms with van der Waals surface area (Å²) in [4.78, 5) is 12.7. The van der Waals surface area contributed by atoms with Crippen LogP contribution in [0, 0.1) is 18.3 Å². The molecule has 1 N–H and O–H groups in total. The Morgan fingerprint density at radius 1 is 1.18 bits per heavy atom. The number of nitriles is 1. The highest BCUT2D eigenvalue weighted by atomic mass is 35.5. The summed E-state index contributed by atoms with van der Waals surface area (Å²) in [6.45, 7) is 6.24. The van der Waals surface area contributed by atoms with Gasteiger partial charge in [-0.1, -0.05) is 59.6 Å². The molecule has 0 aliphatic carbocycles. The first-order chi connectivity index (χ1) is 16.4. The number of rotatable bonds is 9. The molecule has 6 heteroatoms. The van der Waals surface area contributed by atoms with E-state index in [1.807, 2.05) is 43.3 Å². The van der Waals surface area contributed by atoms with Gasteiger partial charge in [0.05, 0.1) is 17.8 Å². The molecule has 0 aromatic heterocycles. The minimum atomic E-state index is -0.556. The van der Waals surface area contributed by atoms with E-state index in [0.717, 1.165) is 11.1 Å². The molecule has 0 bridgehead atoms. The third kappa shape index (κ3) is 6.28. The maximum Gasteiger partial charge on any atom is 0.266 e. The molecule has 0 spiro atoms. The molecule has 3 aromatic carbocycles. The molecule has 3 rings (SSSR count). The lowest BCUT2D eigenvalue weighted by Crippen LogP contribution is -2.13. The maximum atomic E-state index is 12.7. The smallest absolute Gasteiger partial charge is 0.266 e. The molecule has 0 atom stereocenters. The predicted octanol–water partition coefficient (Wildman–Crippen LogP) is 6.51. The molecule has 3 aromatic rings. The van der Waals surface area contributed by atoms with E-state index in [9.17, 15) is 10.1 Å². The highest BCUT2D eigenvalue weighted by molar-refractivity contribution is 6.34. The van der Waals surface area contributed by atoms with E-state index in [4.69, 9.17) is 21.1 Å². The molecule has 1 amide bonds. The van der Waals surface area contributed by atoms with Crippen LogP contribution >= 0.6 is 11.6 Å². The summed E-state index contributed by atoms with van der Waals surface area (Å²) in [5, 5.41) is 12.7. The fraction of sp³-hybridized carbons (Fsp3) is 0.143. The van der Waals surface area contributed by atoms with Gasteiger partial charge in [-0.05, 0) is 54.8 Å². The molecular weight excluding hydrogens is 448 g/mol.